The van der Waals surface area contributed by atoms with Gasteiger partial charge in [-0.3, -0.25) is 10.1 Å². The Morgan fingerprint density at radius 1 is 1.33 bits per heavy atom. The number of H-pyrrole nitrogens is 1. The molecular weight excluding hydrogens is 194 g/mol. The van der Waals surface area contributed by atoms with Gasteiger partial charge >= 0.3 is 0 Å². The van der Waals surface area contributed by atoms with Gasteiger partial charge in [-0.1, -0.05) is 0 Å². The Morgan fingerprint density at radius 2 is 2.20 bits per heavy atom. The topological polar surface area (TPSA) is 71.0 Å². The molecule has 2 aromatic heterocycles. The minimum absolute atomic E-state index is 0.620. The standard InChI is InChI=1S/C10H11N3O2/c1-15-9-2-7(3-11-6-9)10(14)8-4-12-13-5-8/h2-6,10,14H,1H3,(H,12,13). The number of aromatic amines is 1. The van der Waals surface area contributed by atoms with Gasteiger partial charge in [0, 0.05) is 23.5 Å². The van der Waals surface area contributed by atoms with E-state index in [2.05, 4.69) is 15.2 Å². The Labute approximate surface area is 86.7 Å². The van der Waals surface area contributed by atoms with E-state index in [-0.39, 0.29) is 0 Å². The molecule has 1 atom stereocenters. The van der Waals surface area contributed by atoms with Crippen molar-refractivity contribution in [2.45, 2.75) is 6.10 Å². The largest absolute Gasteiger partial charge is 0.495 e. The maximum Gasteiger partial charge on any atom is 0.137 e. The quantitative estimate of drug-likeness (QED) is 0.780. The van der Waals surface area contributed by atoms with Crippen LogP contribution in [0.4, 0.5) is 0 Å². The molecule has 0 aromatic carbocycles. The van der Waals surface area contributed by atoms with Crippen molar-refractivity contribution in [1.29, 1.82) is 0 Å². The van der Waals surface area contributed by atoms with E-state index >= 15 is 0 Å². The van der Waals surface area contributed by atoms with Crippen molar-refractivity contribution in [3.05, 3.63) is 42.0 Å². The number of hydrogen-bond acceptors (Lipinski definition) is 4. The first kappa shape index (κ1) is 9.67. The molecule has 5 nitrogen and oxygen atoms in total. The molecule has 0 saturated carbocycles. The maximum atomic E-state index is 9.95. The molecule has 0 saturated heterocycles. The van der Waals surface area contributed by atoms with E-state index in [0.29, 0.717) is 16.9 Å². The number of methoxy groups -OCH3 is 1. The van der Waals surface area contributed by atoms with Crippen molar-refractivity contribution in [3.63, 3.8) is 0 Å². The Bertz CT molecular complexity index is 428. The smallest absolute Gasteiger partial charge is 0.137 e. The van der Waals surface area contributed by atoms with Crippen molar-refractivity contribution >= 4 is 0 Å². The second-order valence-electron chi connectivity index (χ2n) is 3.09. The van der Waals surface area contributed by atoms with E-state index in [1.807, 2.05) is 0 Å². The number of hydrogen-bond donors (Lipinski definition) is 2. The summed E-state index contributed by atoms with van der Waals surface area (Å²) >= 11 is 0. The van der Waals surface area contributed by atoms with E-state index in [4.69, 9.17) is 4.74 Å². The van der Waals surface area contributed by atoms with E-state index < -0.39 is 6.10 Å². The molecule has 0 aliphatic rings. The Balaban J connectivity index is 2.29. The SMILES string of the molecule is COc1cncc(C(O)c2cn[nH]c2)c1. The van der Waals surface area contributed by atoms with Gasteiger partial charge in [0.05, 0.1) is 19.5 Å². The zero-order valence-corrected chi connectivity index (χ0v) is 8.21. The summed E-state index contributed by atoms with van der Waals surface area (Å²) in [4.78, 5) is 3.97. The van der Waals surface area contributed by atoms with E-state index in [1.165, 1.54) is 0 Å². The Kier molecular flexibility index (Phi) is 2.64. The van der Waals surface area contributed by atoms with E-state index in [9.17, 15) is 5.11 Å². The zero-order valence-electron chi connectivity index (χ0n) is 8.21. The molecule has 1 unspecified atom stereocenters. The highest BCUT2D eigenvalue weighted by atomic mass is 16.5. The van der Waals surface area contributed by atoms with Gasteiger partial charge in [0.25, 0.3) is 0 Å². The predicted octanol–water partition coefficient (Wildman–Crippen LogP) is 0.895. The van der Waals surface area contributed by atoms with Crippen molar-refractivity contribution in [2.75, 3.05) is 7.11 Å². The highest BCUT2D eigenvalue weighted by Crippen LogP contribution is 2.22. The lowest BCUT2D eigenvalue weighted by Crippen LogP contribution is -1.99. The Hall–Kier alpha value is -1.88. The van der Waals surface area contributed by atoms with Crippen LogP contribution in [0.3, 0.4) is 0 Å². The van der Waals surface area contributed by atoms with Crippen LogP contribution in [-0.4, -0.2) is 27.4 Å². The summed E-state index contributed by atoms with van der Waals surface area (Å²) in [7, 11) is 1.56. The van der Waals surface area contributed by atoms with Crippen LogP contribution in [0.25, 0.3) is 0 Å². The van der Waals surface area contributed by atoms with Gasteiger partial charge in [-0.15, -0.1) is 0 Å². The summed E-state index contributed by atoms with van der Waals surface area (Å²) < 4.78 is 5.03. The molecule has 5 heteroatoms. The van der Waals surface area contributed by atoms with Crippen LogP contribution < -0.4 is 4.74 Å². The maximum absolute atomic E-state index is 9.95. The normalized spacial score (nSPS) is 12.4. The molecule has 2 aromatic rings. The molecule has 0 bridgehead atoms. The molecule has 2 heterocycles. The fourth-order valence-electron chi connectivity index (χ4n) is 1.30. The lowest BCUT2D eigenvalue weighted by molar-refractivity contribution is 0.219. The summed E-state index contributed by atoms with van der Waals surface area (Å²) in [5, 5.41) is 16.4. The molecule has 0 radical (unpaired) electrons. The van der Waals surface area contributed by atoms with Gasteiger partial charge in [-0.2, -0.15) is 5.10 Å². The van der Waals surface area contributed by atoms with Crippen LogP contribution in [0.15, 0.2) is 30.9 Å². The van der Waals surface area contributed by atoms with E-state index in [0.717, 1.165) is 0 Å². The minimum atomic E-state index is -0.730. The summed E-state index contributed by atoms with van der Waals surface area (Å²) in [5.74, 6) is 0.620. The van der Waals surface area contributed by atoms with Crippen molar-refractivity contribution in [2.24, 2.45) is 0 Å². The fourth-order valence-corrected chi connectivity index (χ4v) is 1.30. The number of nitrogens with one attached hydrogen (secondary N) is 1. The van der Waals surface area contributed by atoms with Crippen molar-refractivity contribution in [3.8, 4) is 5.75 Å². The van der Waals surface area contributed by atoms with Crippen LogP contribution in [0, 0.1) is 0 Å². The monoisotopic (exact) mass is 205 g/mol. The summed E-state index contributed by atoms with van der Waals surface area (Å²) in [6.07, 6.45) is 5.67. The molecule has 2 rings (SSSR count). The van der Waals surface area contributed by atoms with Crippen LogP contribution in [-0.2, 0) is 0 Å². The third kappa shape index (κ3) is 1.97. The summed E-state index contributed by atoms with van der Waals surface area (Å²) in [6.45, 7) is 0. The minimum Gasteiger partial charge on any atom is -0.495 e. The number of pyridine rings is 1. The molecule has 0 amide bonds. The number of rotatable bonds is 3. The van der Waals surface area contributed by atoms with Crippen LogP contribution in [0.5, 0.6) is 5.75 Å². The van der Waals surface area contributed by atoms with Crippen molar-refractivity contribution in [1.82, 2.24) is 15.2 Å². The first-order valence-corrected chi connectivity index (χ1v) is 4.47. The third-order valence-electron chi connectivity index (χ3n) is 2.12. The van der Waals surface area contributed by atoms with Crippen LogP contribution in [0.2, 0.25) is 0 Å². The van der Waals surface area contributed by atoms with E-state index in [1.54, 1.807) is 38.0 Å². The average Bonchev–Trinajstić information content (AvgIpc) is 2.81. The summed E-state index contributed by atoms with van der Waals surface area (Å²) in [5.41, 5.74) is 1.38. The highest BCUT2D eigenvalue weighted by molar-refractivity contribution is 5.30. The number of aliphatic hydroxyl groups excluding tert-OH is 1. The average molecular weight is 205 g/mol. The van der Waals surface area contributed by atoms with Gasteiger partial charge in [0.1, 0.15) is 11.9 Å². The second kappa shape index (κ2) is 4.10. The van der Waals surface area contributed by atoms with Gasteiger partial charge in [-0.25, -0.2) is 0 Å². The number of aromatic nitrogens is 3. The van der Waals surface area contributed by atoms with Gasteiger partial charge < -0.3 is 9.84 Å². The first-order chi connectivity index (χ1) is 7.31. The Morgan fingerprint density at radius 3 is 2.87 bits per heavy atom. The fraction of sp³-hybridized carbons (Fsp3) is 0.200. The van der Waals surface area contributed by atoms with Gasteiger partial charge in [0.2, 0.25) is 0 Å². The molecule has 2 N–H and O–H groups in total. The number of nitrogens with zero attached hydrogens (tertiary/aromatic N) is 2. The van der Waals surface area contributed by atoms with Crippen molar-refractivity contribution < 1.29 is 9.84 Å². The first-order valence-electron chi connectivity index (χ1n) is 4.47. The lowest BCUT2D eigenvalue weighted by Gasteiger charge is -2.09. The molecule has 0 spiro atoms. The number of aliphatic hydroxyl groups is 1. The molecule has 78 valence electrons. The second-order valence-corrected chi connectivity index (χ2v) is 3.09. The van der Waals surface area contributed by atoms with Crippen LogP contribution in [0.1, 0.15) is 17.2 Å². The number of ether oxygens (including phenoxy) is 1. The zero-order chi connectivity index (χ0) is 10.7. The molecule has 0 aliphatic heterocycles. The predicted molar refractivity (Wildman–Crippen MR) is 53.4 cm³/mol. The summed E-state index contributed by atoms with van der Waals surface area (Å²) in [6, 6.07) is 1.74. The third-order valence-corrected chi connectivity index (χ3v) is 2.12. The highest BCUT2D eigenvalue weighted by Gasteiger charge is 2.12. The molecule has 0 fully saturated rings. The molecular formula is C10H11N3O2. The van der Waals surface area contributed by atoms with Gasteiger partial charge in [-0.05, 0) is 6.07 Å². The van der Waals surface area contributed by atoms with Crippen LogP contribution >= 0.6 is 0 Å². The molecule has 0 aliphatic carbocycles. The van der Waals surface area contributed by atoms with Gasteiger partial charge in [0.15, 0.2) is 0 Å². The lowest BCUT2D eigenvalue weighted by atomic mass is 10.1. The molecule has 15 heavy (non-hydrogen) atoms.